The van der Waals surface area contributed by atoms with Gasteiger partial charge in [-0.3, -0.25) is 20.4 Å². The van der Waals surface area contributed by atoms with Crippen molar-refractivity contribution >= 4 is 27.7 Å². The highest BCUT2D eigenvalue weighted by atomic mass is 32.2. The summed E-state index contributed by atoms with van der Waals surface area (Å²) >= 11 is 0. The van der Waals surface area contributed by atoms with Crippen LogP contribution in [0.3, 0.4) is 0 Å². The first-order chi connectivity index (χ1) is 9.96. The fraction of sp³-hybridized carbons (Fsp3) is 0.286. The minimum absolute atomic E-state index is 0.0208. The molecule has 2 amide bonds. The number of rotatable bonds is 3. The SMILES string of the molecule is O=C(/C=C/c1ccccc1)NNC(=O)[C@@H]1CCS(=O)(=O)C1. The third kappa shape index (κ3) is 4.71. The average molecular weight is 308 g/mol. The van der Waals surface area contributed by atoms with Crippen molar-refractivity contribution in [2.45, 2.75) is 6.42 Å². The summed E-state index contributed by atoms with van der Waals surface area (Å²) in [5.74, 6) is -1.68. The number of nitrogens with one attached hydrogen (secondary N) is 2. The lowest BCUT2D eigenvalue weighted by atomic mass is 10.1. The second-order valence-electron chi connectivity index (χ2n) is 4.82. The van der Waals surface area contributed by atoms with Crippen LogP contribution in [0.25, 0.3) is 6.08 Å². The number of hydrogen-bond acceptors (Lipinski definition) is 4. The quantitative estimate of drug-likeness (QED) is 0.620. The molecular weight excluding hydrogens is 292 g/mol. The molecule has 0 aliphatic carbocycles. The molecule has 1 heterocycles. The van der Waals surface area contributed by atoms with Crippen LogP contribution in [-0.4, -0.2) is 31.7 Å². The fourth-order valence-corrected chi connectivity index (χ4v) is 3.75. The predicted molar refractivity (Wildman–Crippen MR) is 78.5 cm³/mol. The number of amides is 2. The molecule has 1 aliphatic heterocycles. The summed E-state index contributed by atoms with van der Waals surface area (Å²) < 4.78 is 22.5. The van der Waals surface area contributed by atoms with Crippen LogP contribution in [0.5, 0.6) is 0 Å². The molecule has 112 valence electrons. The first-order valence-electron chi connectivity index (χ1n) is 6.50. The Morgan fingerprint density at radius 3 is 2.48 bits per heavy atom. The molecule has 0 spiro atoms. The van der Waals surface area contributed by atoms with E-state index in [1.165, 1.54) is 6.08 Å². The minimum Gasteiger partial charge on any atom is -0.273 e. The molecule has 1 atom stereocenters. The van der Waals surface area contributed by atoms with Crippen LogP contribution < -0.4 is 10.9 Å². The Labute approximate surface area is 123 Å². The van der Waals surface area contributed by atoms with Crippen molar-refractivity contribution in [1.29, 1.82) is 0 Å². The highest BCUT2D eigenvalue weighted by Gasteiger charge is 2.32. The largest absolute Gasteiger partial charge is 0.273 e. The first-order valence-corrected chi connectivity index (χ1v) is 8.32. The molecule has 1 aromatic carbocycles. The van der Waals surface area contributed by atoms with Crippen molar-refractivity contribution in [3.05, 3.63) is 42.0 Å². The highest BCUT2D eigenvalue weighted by molar-refractivity contribution is 7.91. The van der Waals surface area contributed by atoms with Gasteiger partial charge in [0.1, 0.15) is 0 Å². The summed E-state index contributed by atoms with van der Waals surface area (Å²) in [7, 11) is -3.11. The van der Waals surface area contributed by atoms with Gasteiger partial charge in [-0.25, -0.2) is 8.42 Å². The Morgan fingerprint density at radius 2 is 1.86 bits per heavy atom. The Hall–Kier alpha value is -2.15. The molecule has 2 rings (SSSR count). The smallest absolute Gasteiger partial charge is 0.262 e. The van der Waals surface area contributed by atoms with Crippen LogP contribution >= 0.6 is 0 Å². The van der Waals surface area contributed by atoms with Gasteiger partial charge in [-0.15, -0.1) is 0 Å². The Kier molecular flexibility index (Phi) is 4.74. The van der Waals surface area contributed by atoms with Crippen molar-refractivity contribution in [1.82, 2.24) is 10.9 Å². The maximum atomic E-state index is 11.7. The molecule has 0 aromatic heterocycles. The number of sulfone groups is 1. The van der Waals surface area contributed by atoms with Gasteiger partial charge in [-0.2, -0.15) is 0 Å². The lowest BCUT2D eigenvalue weighted by Crippen LogP contribution is -2.44. The van der Waals surface area contributed by atoms with Gasteiger partial charge in [0.05, 0.1) is 17.4 Å². The van der Waals surface area contributed by atoms with Gasteiger partial charge < -0.3 is 0 Å². The zero-order valence-electron chi connectivity index (χ0n) is 11.3. The van der Waals surface area contributed by atoms with Crippen LogP contribution in [-0.2, 0) is 19.4 Å². The van der Waals surface area contributed by atoms with Crippen molar-refractivity contribution in [3.8, 4) is 0 Å². The monoisotopic (exact) mass is 308 g/mol. The molecule has 1 aliphatic rings. The van der Waals surface area contributed by atoms with E-state index in [9.17, 15) is 18.0 Å². The molecule has 0 radical (unpaired) electrons. The number of carbonyl (C=O) groups excluding carboxylic acids is 2. The number of hydrogen-bond donors (Lipinski definition) is 2. The summed E-state index contributed by atoms with van der Waals surface area (Å²) in [6.45, 7) is 0. The lowest BCUT2D eigenvalue weighted by Gasteiger charge is -2.09. The molecule has 0 saturated carbocycles. The van der Waals surface area contributed by atoms with E-state index in [-0.39, 0.29) is 11.5 Å². The molecule has 7 heteroatoms. The summed E-state index contributed by atoms with van der Waals surface area (Å²) in [5, 5.41) is 0. The Bertz CT molecular complexity index is 653. The summed E-state index contributed by atoms with van der Waals surface area (Å²) in [5.41, 5.74) is 5.34. The van der Waals surface area contributed by atoms with Gasteiger partial charge in [0.25, 0.3) is 5.91 Å². The molecule has 1 fully saturated rings. The topological polar surface area (TPSA) is 92.3 Å². The van der Waals surface area contributed by atoms with E-state index in [4.69, 9.17) is 0 Å². The number of benzene rings is 1. The van der Waals surface area contributed by atoms with Gasteiger partial charge in [-0.05, 0) is 18.1 Å². The van der Waals surface area contributed by atoms with E-state index < -0.39 is 27.6 Å². The highest BCUT2D eigenvalue weighted by Crippen LogP contribution is 2.17. The predicted octanol–water partition coefficient (Wildman–Crippen LogP) is 0.282. The van der Waals surface area contributed by atoms with Crippen LogP contribution in [0.2, 0.25) is 0 Å². The van der Waals surface area contributed by atoms with Crippen molar-refractivity contribution in [3.63, 3.8) is 0 Å². The Balaban J connectivity index is 1.79. The maximum Gasteiger partial charge on any atom is 0.262 e. The zero-order valence-corrected chi connectivity index (χ0v) is 12.1. The van der Waals surface area contributed by atoms with Crippen LogP contribution in [0.4, 0.5) is 0 Å². The lowest BCUT2D eigenvalue weighted by molar-refractivity contribution is -0.129. The third-order valence-electron chi connectivity index (χ3n) is 3.14. The summed E-state index contributed by atoms with van der Waals surface area (Å²) in [6.07, 6.45) is 3.20. The number of hydrazine groups is 1. The van der Waals surface area contributed by atoms with Gasteiger partial charge in [-0.1, -0.05) is 30.3 Å². The Morgan fingerprint density at radius 1 is 1.14 bits per heavy atom. The van der Waals surface area contributed by atoms with Crippen LogP contribution in [0, 0.1) is 5.92 Å². The van der Waals surface area contributed by atoms with E-state index in [1.54, 1.807) is 6.08 Å². The molecule has 2 N–H and O–H groups in total. The molecule has 1 saturated heterocycles. The van der Waals surface area contributed by atoms with Gasteiger partial charge >= 0.3 is 0 Å². The minimum atomic E-state index is -3.11. The van der Waals surface area contributed by atoms with Crippen molar-refractivity contribution in [2.24, 2.45) is 5.92 Å². The van der Waals surface area contributed by atoms with Crippen LogP contribution in [0.1, 0.15) is 12.0 Å². The fourth-order valence-electron chi connectivity index (χ4n) is 2.00. The van der Waals surface area contributed by atoms with Crippen LogP contribution in [0.15, 0.2) is 36.4 Å². The molecule has 1 aromatic rings. The zero-order chi connectivity index (χ0) is 15.3. The van der Waals surface area contributed by atoms with Gasteiger partial charge in [0, 0.05) is 6.08 Å². The molecule has 0 unspecified atom stereocenters. The van der Waals surface area contributed by atoms with E-state index >= 15 is 0 Å². The second kappa shape index (κ2) is 6.53. The average Bonchev–Trinajstić information content (AvgIpc) is 2.84. The molecular formula is C14H16N2O4S. The maximum absolute atomic E-state index is 11.7. The van der Waals surface area contributed by atoms with E-state index in [1.807, 2.05) is 30.3 Å². The number of carbonyl (C=O) groups is 2. The van der Waals surface area contributed by atoms with E-state index in [2.05, 4.69) is 10.9 Å². The van der Waals surface area contributed by atoms with Gasteiger partial charge in [0.2, 0.25) is 5.91 Å². The molecule has 21 heavy (non-hydrogen) atoms. The summed E-state index contributed by atoms with van der Waals surface area (Å²) in [6, 6.07) is 9.24. The normalized spacial score (nSPS) is 20.3. The standard InChI is InChI=1S/C14H16N2O4S/c17-13(7-6-11-4-2-1-3-5-11)15-16-14(18)12-8-9-21(19,20)10-12/h1-7,12H,8-10H2,(H,15,17)(H,16,18)/b7-6+/t12-/m1/s1. The first kappa shape index (κ1) is 15.2. The summed E-state index contributed by atoms with van der Waals surface area (Å²) in [4.78, 5) is 23.2. The van der Waals surface area contributed by atoms with Gasteiger partial charge in [0.15, 0.2) is 9.84 Å². The van der Waals surface area contributed by atoms with Crippen molar-refractivity contribution in [2.75, 3.05) is 11.5 Å². The van der Waals surface area contributed by atoms with E-state index in [0.717, 1.165) is 5.56 Å². The third-order valence-corrected chi connectivity index (χ3v) is 4.91. The van der Waals surface area contributed by atoms with Crippen molar-refractivity contribution < 1.29 is 18.0 Å². The van der Waals surface area contributed by atoms with E-state index in [0.29, 0.717) is 6.42 Å². The molecule has 0 bridgehead atoms. The molecule has 6 nitrogen and oxygen atoms in total. The second-order valence-corrected chi connectivity index (χ2v) is 7.05.